The van der Waals surface area contributed by atoms with E-state index in [1.54, 1.807) is 0 Å². The Kier molecular flexibility index (Phi) is 3.89. The molecule has 0 amide bonds. The third kappa shape index (κ3) is 3.01. The Bertz CT molecular complexity index is 515. The SMILES string of the molecule is CC1COCCC1NS(=O)(=O)c1cccc(O)c1. The van der Waals surface area contributed by atoms with Crippen molar-refractivity contribution >= 4 is 10.0 Å². The number of hydrogen-bond donors (Lipinski definition) is 2. The van der Waals surface area contributed by atoms with E-state index in [0.717, 1.165) is 0 Å². The highest BCUT2D eigenvalue weighted by Crippen LogP contribution is 2.19. The number of aromatic hydroxyl groups is 1. The van der Waals surface area contributed by atoms with Gasteiger partial charge in [0.2, 0.25) is 10.0 Å². The van der Waals surface area contributed by atoms with Crippen LogP contribution in [0.1, 0.15) is 13.3 Å². The molecule has 0 bridgehead atoms. The molecule has 0 radical (unpaired) electrons. The van der Waals surface area contributed by atoms with Crippen molar-refractivity contribution in [3.8, 4) is 5.75 Å². The molecule has 100 valence electrons. The van der Waals surface area contributed by atoms with Gasteiger partial charge in [0.1, 0.15) is 5.75 Å². The summed E-state index contributed by atoms with van der Waals surface area (Å²) in [6, 6.07) is 5.54. The molecule has 1 heterocycles. The topological polar surface area (TPSA) is 75.6 Å². The molecule has 5 nitrogen and oxygen atoms in total. The number of ether oxygens (including phenoxy) is 1. The second kappa shape index (κ2) is 5.26. The van der Waals surface area contributed by atoms with Gasteiger partial charge in [-0.15, -0.1) is 0 Å². The smallest absolute Gasteiger partial charge is 0.240 e. The maximum absolute atomic E-state index is 12.1. The van der Waals surface area contributed by atoms with Crippen molar-refractivity contribution in [1.29, 1.82) is 0 Å². The number of sulfonamides is 1. The van der Waals surface area contributed by atoms with Crippen LogP contribution in [0, 0.1) is 5.92 Å². The average molecular weight is 271 g/mol. The van der Waals surface area contributed by atoms with E-state index in [1.807, 2.05) is 6.92 Å². The summed E-state index contributed by atoms with van der Waals surface area (Å²) in [5.41, 5.74) is 0. The zero-order valence-electron chi connectivity index (χ0n) is 10.2. The van der Waals surface area contributed by atoms with E-state index in [0.29, 0.717) is 19.6 Å². The van der Waals surface area contributed by atoms with Crippen molar-refractivity contribution in [3.63, 3.8) is 0 Å². The zero-order valence-corrected chi connectivity index (χ0v) is 11.0. The lowest BCUT2D eigenvalue weighted by atomic mass is 9.99. The highest BCUT2D eigenvalue weighted by Gasteiger charge is 2.27. The first-order valence-corrected chi connectivity index (χ1v) is 7.36. The molecule has 18 heavy (non-hydrogen) atoms. The first-order chi connectivity index (χ1) is 8.49. The molecule has 2 atom stereocenters. The Hall–Kier alpha value is -1.11. The number of phenolic OH excluding ortho intramolecular Hbond substituents is 1. The molecule has 1 aromatic carbocycles. The monoisotopic (exact) mass is 271 g/mol. The quantitative estimate of drug-likeness (QED) is 0.863. The van der Waals surface area contributed by atoms with Gasteiger partial charge in [0.05, 0.1) is 11.5 Å². The van der Waals surface area contributed by atoms with E-state index in [9.17, 15) is 13.5 Å². The van der Waals surface area contributed by atoms with E-state index < -0.39 is 10.0 Å². The Morgan fingerprint density at radius 3 is 2.89 bits per heavy atom. The lowest BCUT2D eigenvalue weighted by Gasteiger charge is -2.29. The molecular formula is C12H17NO4S. The molecule has 0 saturated carbocycles. The summed E-state index contributed by atoms with van der Waals surface area (Å²) in [5, 5.41) is 9.32. The minimum Gasteiger partial charge on any atom is -0.508 e. The molecule has 1 fully saturated rings. The molecule has 2 N–H and O–H groups in total. The summed E-state index contributed by atoms with van der Waals surface area (Å²) in [6.07, 6.45) is 0.666. The first kappa shape index (κ1) is 13.3. The Labute approximate surface area is 107 Å². The van der Waals surface area contributed by atoms with Crippen LogP contribution in [-0.4, -0.2) is 32.8 Å². The third-order valence-corrected chi connectivity index (χ3v) is 4.56. The molecule has 1 aliphatic heterocycles. The fourth-order valence-corrected chi connectivity index (χ4v) is 3.39. The Morgan fingerprint density at radius 2 is 2.22 bits per heavy atom. The van der Waals surface area contributed by atoms with Crippen LogP contribution >= 0.6 is 0 Å². The molecule has 1 saturated heterocycles. The Morgan fingerprint density at radius 1 is 1.44 bits per heavy atom. The summed E-state index contributed by atoms with van der Waals surface area (Å²) in [4.78, 5) is 0.0844. The van der Waals surface area contributed by atoms with Gasteiger partial charge in [-0.2, -0.15) is 0 Å². The molecule has 0 aliphatic carbocycles. The van der Waals surface area contributed by atoms with Crippen molar-refractivity contribution in [1.82, 2.24) is 4.72 Å². The van der Waals surface area contributed by atoms with Crippen LogP contribution in [0.4, 0.5) is 0 Å². The van der Waals surface area contributed by atoms with Crippen LogP contribution < -0.4 is 4.72 Å². The standard InChI is InChI=1S/C12H17NO4S/c1-9-8-17-6-5-12(9)13-18(15,16)11-4-2-3-10(14)7-11/h2-4,7,9,12-14H,5-6,8H2,1H3. The van der Waals surface area contributed by atoms with Crippen LogP contribution in [0.3, 0.4) is 0 Å². The van der Waals surface area contributed by atoms with E-state index in [1.165, 1.54) is 24.3 Å². The van der Waals surface area contributed by atoms with Gasteiger partial charge in [0, 0.05) is 12.6 Å². The minimum absolute atomic E-state index is 0.0575. The number of benzene rings is 1. The summed E-state index contributed by atoms with van der Waals surface area (Å²) in [7, 11) is -3.58. The molecule has 0 spiro atoms. The summed E-state index contributed by atoms with van der Waals surface area (Å²) in [6.45, 7) is 3.08. The zero-order chi connectivity index (χ0) is 13.2. The van der Waals surface area contributed by atoms with Gasteiger partial charge >= 0.3 is 0 Å². The van der Waals surface area contributed by atoms with E-state index in [-0.39, 0.29) is 22.6 Å². The van der Waals surface area contributed by atoms with Gasteiger partial charge < -0.3 is 9.84 Å². The lowest BCUT2D eigenvalue weighted by molar-refractivity contribution is 0.0450. The van der Waals surface area contributed by atoms with E-state index in [2.05, 4.69) is 4.72 Å². The van der Waals surface area contributed by atoms with Gasteiger partial charge in [-0.1, -0.05) is 13.0 Å². The number of hydrogen-bond acceptors (Lipinski definition) is 4. The molecule has 2 unspecified atom stereocenters. The van der Waals surface area contributed by atoms with Gasteiger partial charge in [0.25, 0.3) is 0 Å². The number of nitrogens with one attached hydrogen (secondary N) is 1. The summed E-state index contributed by atoms with van der Waals surface area (Å²) in [5.74, 6) is 0.0868. The van der Waals surface area contributed by atoms with Crippen LogP contribution in [-0.2, 0) is 14.8 Å². The largest absolute Gasteiger partial charge is 0.508 e. The molecule has 6 heteroatoms. The fraction of sp³-hybridized carbons (Fsp3) is 0.500. The second-order valence-electron chi connectivity index (χ2n) is 4.57. The van der Waals surface area contributed by atoms with E-state index >= 15 is 0 Å². The van der Waals surface area contributed by atoms with Crippen LogP contribution in [0.2, 0.25) is 0 Å². The predicted molar refractivity (Wildman–Crippen MR) is 66.8 cm³/mol. The van der Waals surface area contributed by atoms with Crippen molar-refractivity contribution in [2.45, 2.75) is 24.3 Å². The van der Waals surface area contributed by atoms with Crippen molar-refractivity contribution < 1.29 is 18.3 Å². The maximum Gasteiger partial charge on any atom is 0.240 e. The second-order valence-corrected chi connectivity index (χ2v) is 6.28. The Balaban J connectivity index is 2.16. The highest BCUT2D eigenvalue weighted by atomic mass is 32.2. The van der Waals surface area contributed by atoms with Crippen molar-refractivity contribution in [2.24, 2.45) is 5.92 Å². The molecule has 0 aromatic heterocycles. The fourth-order valence-electron chi connectivity index (χ4n) is 1.97. The van der Waals surface area contributed by atoms with Crippen LogP contribution in [0.15, 0.2) is 29.2 Å². The van der Waals surface area contributed by atoms with Gasteiger partial charge in [-0.05, 0) is 30.5 Å². The molecule has 1 aliphatic rings. The minimum atomic E-state index is -3.58. The van der Waals surface area contributed by atoms with Gasteiger partial charge in [-0.25, -0.2) is 13.1 Å². The van der Waals surface area contributed by atoms with Crippen LogP contribution in [0.25, 0.3) is 0 Å². The molecular weight excluding hydrogens is 254 g/mol. The highest BCUT2D eigenvalue weighted by molar-refractivity contribution is 7.89. The normalized spacial score (nSPS) is 24.9. The van der Waals surface area contributed by atoms with Crippen molar-refractivity contribution in [2.75, 3.05) is 13.2 Å². The average Bonchev–Trinajstić information content (AvgIpc) is 2.32. The number of rotatable bonds is 3. The van der Waals surface area contributed by atoms with Gasteiger partial charge in [0.15, 0.2) is 0 Å². The van der Waals surface area contributed by atoms with Crippen molar-refractivity contribution in [3.05, 3.63) is 24.3 Å². The van der Waals surface area contributed by atoms with Crippen LogP contribution in [0.5, 0.6) is 5.75 Å². The first-order valence-electron chi connectivity index (χ1n) is 5.88. The van der Waals surface area contributed by atoms with Gasteiger partial charge in [-0.3, -0.25) is 0 Å². The third-order valence-electron chi connectivity index (χ3n) is 3.08. The summed E-state index contributed by atoms with van der Waals surface area (Å²) < 4.78 is 32.2. The maximum atomic E-state index is 12.1. The molecule has 1 aromatic rings. The summed E-state index contributed by atoms with van der Waals surface area (Å²) >= 11 is 0. The molecule has 2 rings (SSSR count). The predicted octanol–water partition coefficient (Wildman–Crippen LogP) is 1.10. The number of phenols is 1. The van der Waals surface area contributed by atoms with E-state index in [4.69, 9.17) is 4.74 Å². The lowest BCUT2D eigenvalue weighted by Crippen LogP contribution is -2.44.